The van der Waals surface area contributed by atoms with Crippen molar-refractivity contribution in [3.05, 3.63) is 36.4 Å². The number of benzene rings is 1. The van der Waals surface area contributed by atoms with Crippen LogP contribution in [0.25, 0.3) is 5.69 Å². The number of nitrogen functional groups attached to an aromatic ring is 1. The van der Waals surface area contributed by atoms with E-state index in [1.165, 1.54) is 18.5 Å². The summed E-state index contributed by atoms with van der Waals surface area (Å²) in [5, 5.41) is 7.23. The highest BCUT2D eigenvalue weighted by Gasteiger charge is 2.01. The molecule has 0 fully saturated rings. The largest absolute Gasteiger partial charge is 0.368 e. The van der Waals surface area contributed by atoms with E-state index in [0.29, 0.717) is 0 Å². The van der Waals surface area contributed by atoms with Gasteiger partial charge < -0.3 is 5.73 Å². The number of halogens is 1. The smallest absolute Gasteiger partial charge is 0.226 e. The zero-order valence-electron chi connectivity index (χ0n) is 6.68. The van der Waals surface area contributed by atoms with Gasteiger partial charge in [0.05, 0.1) is 5.69 Å². The fraction of sp³-hybridized carbons (Fsp3) is 0. The number of hydrogen-bond donors (Lipinski definition) is 1. The van der Waals surface area contributed by atoms with E-state index in [0.717, 1.165) is 5.69 Å². The summed E-state index contributed by atoms with van der Waals surface area (Å²) in [7, 11) is 0. The molecule has 0 unspecified atom stereocenters. The molecule has 1 aromatic heterocycles. The van der Waals surface area contributed by atoms with Crippen LogP contribution in [0.3, 0.4) is 0 Å². The maximum absolute atomic E-state index is 12.6. The minimum absolute atomic E-state index is 0.282. The number of nitrogens with two attached hydrogens (primary N) is 1. The molecule has 2 N–H and O–H groups in total. The molecule has 0 aliphatic carbocycles. The van der Waals surface area contributed by atoms with Gasteiger partial charge in [0, 0.05) is 0 Å². The normalized spacial score (nSPS) is 10.2. The zero-order valence-corrected chi connectivity index (χ0v) is 6.68. The number of anilines is 1. The quantitative estimate of drug-likeness (QED) is 0.708. The van der Waals surface area contributed by atoms with E-state index in [-0.39, 0.29) is 11.8 Å². The topological polar surface area (TPSA) is 56.7 Å². The molecule has 66 valence electrons. The standard InChI is InChI=1S/C8H7FN4/c9-6-1-3-7(4-2-6)13-5-11-12-8(13)10/h1-5H,(H2,10,12). The first-order valence-electron chi connectivity index (χ1n) is 3.69. The fourth-order valence-corrected chi connectivity index (χ4v) is 1.04. The molecule has 1 aromatic carbocycles. The van der Waals surface area contributed by atoms with E-state index in [2.05, 4.69) is 10.2 Å². The first kappa shape index (κ1) is 7.72. The lowest BCUT2D eigenvalue weighted by Gasteiger charge is -2.01. The van der Waals surface area contributed by atoms with Gasteiger partial charge in [-0.1, -0.05) is 0 Å². The molecule has 2 rings (SSSR count). The van der Waals surface area contributed by atoms with Crippen LogP contribution in [0.15, 0.2) is 30.6 Å². The van der Waals surface area contributed by atoms with E-state index in [1.807, 2.05) is 0 Å². The summed E-state index contributed by atoms with van der Waals surface area (Å²) in [6.07, 6.45) is 1.47. The SMILES string of the molecule is Nc1nncn1-c1ccc(F)cc1. The molecule has 2 aromatic rings. The van der Waals surface area contributed by atoms with Gasteiger partial charge in [0.25, 0.3) is 0 Å². The Bertz CT molecular complexity index is 406. The van der Waals surface area contributed by atoms with Crippen molar-refractivity contribution in [2.45, 2.75) is 0 Å². The van der Waals surface area contributed by atoms with Crippen molar-refractivity contribution in [3.8, 4) is 5.69 Å². The Morgan fingerprint density at radius 3 is 2.46 bits per heavy atom. The fourth-order valence-electron chi connectivity index (χ4n) is 1.04. The van der Waals surface area contributed by atoms with Crippen LogP contribution in [0.4, 0.5) is 10.3 Å². The Balaban J connectivity index is 2.47. The Morgan fingerprint density at radius 2 is 1.92 bits per heavy atom. The van der Waals surface area contributed by atoms with Crippen molar-refractivity contribution in [2.75, 3.05) is 5.73 Å². The molecule has 0 bridgehead atoms. The maximum atomic E-state index is 12.6. The lowest BCUT2D eigenvalue weighted by molar-refractivity contribution is 0.627. The second kappa shape index (κ2) is 2.85. The summed E-state index contributed by atoms with van der Waals surface area (Å²) in [5.74, 6) is 0.00186. The first-order chi connectivity index (χ1) is 6.27. The molecule has 1 heterocycles. The van der Waals surface area contributed by atoms with E-state index in [4.69, 9.17) is 5.73 Å². The van der Waals surface area contributed by atoms with Gasteiger partial charge in [-0.2, -0.15) is 0 Å². The van der Waals surface area contributed by atoms with Crippen LogP contribution < -0.4 is 5.73 Å². The highest BCUT2D eigenvalue weighted by Crippen LogP contribution is 2.10. The number of hydrogen-bond acceptors (Lipinski definition) is 3. The third-order valence-corrected chi connectivity index (χ3v) is 1.68. The van der Waals surface area contributed by atoms with Crippen LogP contribution in [-0.2, 0) is 0 Å². The molecule has 0 aliphatic heterocycles. The molecular weight excluding hydrogens is 171 g/mol. The van der Waals surface area contributed by atoms with Gasteiger partial charge in [-0.25, -0.2) is 4.39 Å². The second-order valence-corrected chi connectivity index (χ2v) is 2.54. The van der Waals surface area contributed by atoms with Crippen molar-refractivity contribution in [3.63, 3.8) is 0 Å². The minimum Gasteiger partial charge on any atom is -0.368 e. The lowest BCUT2D eigenvalue weighted by Crippen LogP contribution is -1.99. The van der Waals surface area contributed by atoms with Crippen LogP contribution in [-0.4, -0.2) is 14.8 Å². The van der Waals surface area contributed by atoms with E-state index in [1.54, 1.807) is 16.7 Å². The Labute approximate surface area is 73.8 Å². The predicted molar refractivity (Wildman–Crippen MR) is 45.7 cm³/mol. The van der Waals surface area contributed by atoms with Crippen molar-refractivity contribution >= 4 is 5.95 Å². The molecule has 0 spiro atoms. The monoisotopic (exact) mass is 178 g/mol. The summed E-state index contributed by atoms with van der Waals surface area (Å²) < 4.78 is 14.1. The highest BCUT2D eigenvalue weighted by atomic mass is 19.1. The van der Waals surface area contributed by atoms with Crippen molar-refractivity contribution in [2.24, 2.45) is 0 Å². The van der Waals surface area contributed by atoms with Crippen LogP contribution in [0.1, 0.15) is 0 Å². The summed E-state index contributed by atoms with van der Waals surface area (Å²) in [4.78, 5) is 0. The highest BCUT2D eigenvalue weighted by molar-refractivity contribution is 5.37. The lowest BCUT2D eigenvalue weighted by atomic mass is 10.3. The maximum Gasteiger partial charge on any atom is 0.226 e. The van der Waals surface area contributed by atoms with Crippen molar-refractivity contribution < 1.29 is 4.39 Å². The summed E-state index contributed by atoms with van der Waals surface area (Å²) in [6, 6.07) is 5.92. The molecule has 0 amide bonds. The van der Waals surface area contributed by atoms with Crippen LogP contribution in [0, 0.1) is 5.82 Å². The molecule has 0 atom stereocenters. The Kier molecular flexibility index (Phi) is 1.70. The summed E-state index contributed by atoms with van der Waals surface area (Å²) in [6.45, 7) is 0. The van der Waals surface area contributed by atoms with E-state index < -0.39 is 0 Å². The van der Waals surface area contributed by atoms with Crippen LogP contribution in [0.2, 0.25) is 0 Å². The molecule has 4 nitrogen and oxygen atoms in total. The molecular formula is C8H7FN4. The van der Waals surface area contributed by atoms with Gasteiger partial charge in [-0.05, 0) is 24.3 Å². The number of nitrogens with zero attached hydrogens (tertiary/aromatic N) is 3. The predicted octanol–water partition coefficient (Wildman–Crippen LogP) is 0.989. The van der Waals surface area contributed by atoms with Gasteiger partial charge in [0.15, 0.2) is 0 Å². The van der Waals surface area contributed by atoms with Gasteiger partial charge in [-0.15, -0.1) is 10.2 Å². The second-order valence-electron chi connectivity index (χ2n) is 2.54. The average molecular weight is 178 g/mol. The molecule has 5 heteroatoms. The zero-order chi connectivity index (χ0) is 9.26. The molecule has 0 aliphatic rings. The van der Waals surface area contributed by atoms with Crippen LogP contribution >= 0.6 is 0 Å². The summed E-state index contributed by atoms with van der Waals surface area (Å²) >= 11 is 0. The van der Waals surface area contributed by atoms with Crippen molar-refractivity contribution in [1.29, 1.82) is 0 Å². The van der Waals surface area contributed by atoms with Gasteiger partial charge in [-0.3, -0.25) is 4.57 Å². The van der Waals surface area contributed by atoms with Crippen LogP contribution in [0.5, 0.6) is 0 Å². The third kappa shape index (κ3) is 1.35. The Morgan fingerprint density at radius 1 is 1.23 bits per heavy atom. The van der Waals surface area contributed by atoms with E-state index in [9.17, 15) is 4.39 Å². The molecule has 0 saturated heterocycles. The minimum atomic E-state index is -0.282. The third-order valence-electron chi connectivity index (χ3n) is 1.68. The molecule has 0 saturated carbocycles. The van der Waals surface area contributed by atoms with Crippen molar-refractivity contribution in [1.82, 2.24) is 14.8 Å². The van der Waals surface area contributed by atoms with Gasteiger partial charge in [0.1, 0.15) is 12.1 Å². The first-order valence-corrected chi connectivity index (χ1v) is 3.69. The van der Waals surface area contributed by atoms with Gasteiger partial charge in [0.2, 0.25) is 5.95 Å². The molecule has 13 heavy (non-hydrogen) atoms. The molecule has 0 radical (unpaired) electrons. The number of rotatable bonds is 1. The average Bonchev–Trinajstić information content (AvgIpc) is 2.53. The van der Waals surface area contributed by atoms with Gasteiger partial charge >= 0.3 is 0 Å². The Hall–Kier alpha value is -1.91. The van der Waals surface area contributed by atoms with E-state index >= 15 is 0 Å². The number of aromatic nitrogens is 3. The summed E-state index contributed by atoms with van der Waals surface area (Å²) in [5.41, 5.74) is 6.25.